The molecule has 1 unspecified atom stereocenters. The van der Waals surface area contributed by atoms with Gasteiger partial charge in [-0.1, -0.05) is 42.0 Å². The van der Waals surface area contributed by atoms with Crippen LogP contribution in [0.4, 0.5) is 4.39 Å². The van der Waals surface area contributed by atoms with E-state index in [1.807, 2.05) is 19.2 Å². The lowest BCUT2D eigenvalue weighted by Gasteiger charge is -2.17. The van der Waals surface area contributed by atoms with E-state index in [0.29, 0.717) is 6.54 Å². The normalized spacial score (nSPS) is 12.5. The summed E-state index contributed by atoms with van der Waals surface area (Å²) in [5, 5.41) is 11.5. The highest BCUT2D eigenvalue weighted by molar-refractivity contribution is 5.96. The average molecular weight is 374 g/mol. The Kier molecular flexibility index (Phi) is 4.73. The number of aryl methyl sites for hydroxylation is 2. The first-order valence-electron chi connectivity index (χ1n) is 9.43. The first-order valence-corrected chi connectivity index (χ1v) is 9.43. The zero-order valence-corrected chi connectivity index (χ0v) is 16.3. The van der Waals surface area contributed by atoms with Gasteiger partial charge in [-0.2, -0.15) is 0 Å². The summed E-state index contributed by atoms with van der Waals surface area (Å²) in [5.41, 5.74) is 6.83. The van der Waals surface area contributed by atoms with Crippen LogP contribution in [-0.4, -0.2) is 14.7 Å². The van der Waals surface area contributed by atoms with Gasteiger partial charge in [0.15, 0.2) is 0 Å². The number of fused-ring (bicyclic) bond motifs is 1. The molecule has 2 aromatic heterocycles. The molecular weight excluding hydrogens is 351 g/mol. The Labute approximate surface area is 164 Å². The van der Waals surface area contributed by atoms with E-state index in [1.54, 1.807) is 19.1 Å². The number of pyridine rings is 1. The first kappa shape index (κ1) is 18.4. The lowest BCUT2D eigenvalue weighted by atomic mass is 9.93. The standard InChI is InChI=1S/C24H23FN2O/c1-15-4-8-19(9-5-15)23-21-12-13-27(14-18-6-10-20(25)11-7-18)24(21)26-16(2)22(23)17(3)28/h4-13,17,28H,14H2,1-3H3. The molecule has 0 fully saturated rings. The predicted molar refractivity (Wildman–Crippen MR) is 111 cm³/mol. The van der Waals surface area contributed by atoms with Crippen LogP contribution in [0.5, 0.6) is 0 Å². The molecule has 4 heteroatoms. The molecule has 0 aliphatic rings. The minimum absolute atomic E-state index is 0.238. The van der Waals surface area contributed by atoms with Gasteiger partial charge in [0.1, 0.15) is 11.5 Å². The summed E-state index contributed by atoms with van der Waals surface area (Å²) in [6.45, 7) is 6.39. The molecule has 0 saturated heterocycles. The Hall–Kier alpha value is -2.98. The number of aromatic nitrogens is 2. The maximum Gasteiger partial charge on any atom is 0.141 e. The largest absolute Gasteiger partial charge is 0.389 e. The van der Waals surface area contributed by atoms with E-state index in [0.717, 1.165) is 39.0 Å². The molecule has 0 bridgehead atoms. The number of rotatable bonds is 4. The topological polar surface area (TPSA) is 38.1 Å². The Balaban J connectivity index is 1.91. The van der Waals surface area contributed by atoms with Crippen molar-refractivity contribution in [1.29, 1.82) is 0 Å². The van der Waals surface area contributed by atoms with E-state index >= 15 is 0 Å². The maximum atomic E-state index is 13.2. The Morgan fingerprint density at radius 1 is 1.00 bits per heavy atom. The van der Waals surface area contributed by atoms with E-state index in [-0.39, 0.29) is 5.82 Å². The molecule has 0 saturated carbocycles. The van der Waals surface area contributed by atoms with Crippen LogP contribution >= 0.6 is 0 Å². The molecular formula is C24H23FN2O. The van der Waals surface area contributed by atoms with Crippen molar-refractivity contribution >= 4 is 11.0 Å². The van der Waals surface area contributed by atoms with Crippen molar-refractivity contribution < 1.29 is 9.50 Å². The lowest BCUT2D eigenvalue weighted by Crippen LogP contribution is -2.05. The minimum atomic E-state index is -0.617. The molecule has 4 rings (SSSR count). The summed E-state index contributed by atoms with van der Waals surface area (Å²) in [6.07, 6.45) is 1.39. The van der Waals surface area contributed by atoms with Gasteiger partial charge in [0.2, 0.25) is 0 Å². The van der Waals surface area contributed by atoms with Gasteiger partial charge in [0.25, 0.3) is 0 Å². The van der Waals surface area contributed by atoms with Crippen molar-refractivity contribution in [3.05, 3.63) is 89.0 Å². The number of nitrogens with zero attached hydrogens (tertiary/aromatic N) is 2. The van der Waals surface area contributed by atoms with Crippen molar-refractivity contribution in [2.45, 2.75) is 33.4 Å². The molecule has 0 aliphatic heterocycles. The second-order valence-corrected chi connectivity index (χ2v) is 7.34. The fourth-order valence-electron chi connectivity index (χ4n) is 3.79. The number of hydrogen-bond donors (Lipinski definition) is 1. The van der Waals surface area contributed by atoms with Crippen LogP contribution in [0, 0.1) is 19.7 Å². The predicted octanol–water partition coefficient (Wildman–Crippen LogP) is 5.56. The lowest BCUT2D eigenvalue weighted by molar-refractivity contribution is 0.199. The highest BCUT2D eigenvalue weighted by Crippen LogP contribution is 2.37. The molecule has 4 aromatic rings. The molecule has 3 nitrogen and oxygen atoms in total. The van der Waals surface area contributed by atoms with E-state index in [9.17, 15) is 9.50 Å². The van der Waals surface area contributed by atoms with E-state index in [1.165, 1.54) is 17.7 Å². The van der Waals surface area contributed by atoms with Crippen LogP contribution in [0.3, 0.4) is 0 Å². The van der Waals surface area contributed by atoms with Gasteiger partial charge in [-0.15, -0.1) is 0 Å². The minimum Gasteiger partial charge on any atom is -0.389 e. The van der Waals surface area contributed by atoms with Crippen molar-refractivity contribution in [1.82, 2.24) is 9.55 Å². The van der Waals surface area contributed by atoms with Gasteiger partial charge in [-0.3, -0.25) is 0 Å². The highest BCUT2D eigenvalue weighted by atomic mass is 19.1. The maximum absolute atomic E-state index is 13.2. The molecule has 0 radical (unpaired) electrons. The smallest absolute Gasteiger partial charge is 0.141 e. The van der Waals surface area contributed by atoms with Crippen molar-refractivity contribution in [3.8, 4) is 11.1 Å². The average Bonchev–Trinajstić information content (AvgIpc) is 3.05. The van der Waals surface area contributed by atoms with Crippen molar-refractivity contribution in [2.24, 2.45) is 0 Å². The zero-order chi connectivity index (χ0) is 19.8. The summed E-state index contributed by atoms with van der Waals surface area (Å²) < 4.78 is 15.3. The monoisotopic (exact) mass is 374 g/mol. The Morgan fingerprint density at radius 3 is 2.32 bits per heavy atom. The summed E-state index contributed by atoms with van der Waals surface area (Å²) in [6, 6.07) is 16.9. The molecule has 0 aliphatic carbocycles. The molecule has 28 heavy (non-hydrogen) atoms. The molecule has 142 valence electrons. The Bertz CT molecular complexity index is 1130. The van der Waals surface area contributed by atoms with Gasteiger partial charge in [0.05, 0.1) is 6.10 Å². The number of hydrogen-bond acceptors (Lipinski definition) is 2. The Morgan fingerprint density at radius 2 is 1.68 bits per heavy atom. The van der Waals surface area contributed by atoms with Crippen LogP contribution < -0.4 is 0 Å². The van der Waals surface area contributed by atoms with Gasteiger partial charge in [0, 0.05) is 34.9 Å². The molecule has 0 spiro atoms. The molecule has 0 amide bonds. The summed E-state index contributed by atoms with van der Waals surface area (Å²) in [7, 11) is 0. The molecule has 1 N–H and O–H groups in total. The van der Waals surface area contributed by atoms with Crippen LogP contribution in [0.15, 0.2) is 60.8 Å². The third-order valence-electron chi connectivity index (χ3n) is 5.16. The van der Waals surface area contributed by atoms with Gasteiger partial charge in [-0.05, 0) is 50.1 Å². The molecule has 1 atom stereocenters. The zero-order valence-electron chi connectivity index (χ0n) is 16.3. The SMILES string of the molecule is Cc1ccc(-c2c(C(C)O)c(C)nc3c2ccn3Cc2ccc(F)cc2)cc1. The first-order chi connectivity index (χ1) is 13.4. The summed E-state index contributed by atoms with van der Waals surface area (Å²) in [4.78, 5) is 4.80. The fraction of sp³-hybridized carbons (Fsp3) is 0.208. The highest BCUT2D eigenvalue weighted by Gasteiger charge is 2.20. The van der Waals surface area contributed by atoms with Crippen LogP contribution in [0.2, 0.25) is 0 Å². The number of benzene rings is 2. The van der Waals surface area contributed by atoms with Crippen molar-refractivity contribution in [3.63, 3.8) is 0 Å². The van der Waals surface area contributed by atoms with E-state index in [4.69, 9.17) is 4.98 Å². The summed E-state index contributed by atoms with van der Waals surface area (Å²) in [5.74, 6) is -0.238. The van der Waals surface area contributed by atoms with Gasteiger partial charge in [-0.25, -0.2) is 9.37 Å². The van der Waals surface area contributed by atoms with Gasteiger partial charge >= 0.3 is 0 Å². The number of aliphatic hydroxyl groups is 1. The molecule has 2 heterocycles. The van der Waals surface area contributed by atoms with Crippen LogP contribution in [-0.2, 0) is 6.54 Å². The van der Waals surface area contributed by atoms with Gasteiger partial charge < -0.3 is 9.67 Å². The van der Waals surface area contributed by atoms with Crippen molar-refractivity contribution in [2.75, 3.05) is 0 Å². The second-order valence-electron chi connectivity index (χ2n) is 7.34. The number of aliphatic hydroxyl groups excluding tert-OH is 1. The second kappa shape index (κ2) is 7.21. The summed E-state index contributed by atoms with van der Waals surface area (Å²) >= 11 is 0. The third-order valence-corrected chi connectivity index (χ3v) is 5.16. The number of halogens is 1. The quantitative estimate of drug-likeness (QED) is 0.508. The molecule has 2 aromatic carbocycles. The fourth-order valence-corrected chi connectivity index (χ4v) is 3.79. The third kappa shape index (κ3) is 3.32. The van der Waals surface area contributed by atoms with E-state index in [2.05, 4.69) is 35.8 Å². The van der Waals surface area contributed by atoms with E-state index < -0.39 is 6.10 Å². The van der Waals surface area contributed by atoms with Crippen LogP contribution in [0.1, 0.15) is 35.4 Å². The van der Waals surface area contributed by atoms with Crippen LogP contribution in [0.25, 0.3) is 22.2 Å².